The molecule has 2 heterocycles. The summed E-state index contributed by atoms with van der Waals surface area (Å²) in [6.45, 7) is 0.294. The second-order valence-corrected chi connectivity index (χ2v) is 5.27. The highest BCUT2D eigenvalue weighted by atomic mass is 19.2. The van der Waals surface area contributed by atoms with E-state index >= 15 is 0 Å². The standard InChI is InChI=1S/C18H13F2N3O2/c19-14-3-1-2-13(16(14)20)17(24)12-8-15(22-10-12)18(25)23-9-11-4-6-21-7-5-11/h1-8,10,22H,9H2,(H,23,25). The molecule has 0 aliphatic rings. The van der Waals surface area contributed by atoms with Gasteiger partial charge in [-0.2, -0.15) is 0 Å². The molecule has 0 radical (unpaired) electrons. The first kappa shape index (κ1) is 16.5. The minimum absolute atomic E-state index is 0.0681. The van der Waals surface area contributed by atoms with Crippen molar-refractivity contribution >= 4 is 11.7 Å². The van der Waals surface area contributed by atoms with Crippen LogP contribution in [0.1, 0.15) is 32.0 Å². The lowest BCUT2D eigenvalue weighted by molar-refractivity contribution is 0.0946. The van der Waals surface area contributed by atoms with Gasteiger partial charge in [0.05, 0.1) is 5.56 Å². The van der Waals surface area contributed by atoms with Gasteiger partial charge in [0.25, 0.3) is 5.91 Å². The van der Waals surface area contributed by atoms with Crippen molar-refractivity contribution < 1.29 is 18.4 Å². The second kappa shape index (κ2) is 7.04. The molecule has 1 aromatic carbocycles. The number of benzene rings is 1. The van der Waals surface area contributed by atoms with Gasteiger partial charge in [-0.3, -0.25) is 14.6 Å². The monoisotopic (exact) mass is 341 g/mol. The van der Waals surface area contributed by atoms with E-state index in [-0.39, 0.29) is 16.8 Å². The lowest BCUT2D eigenvalue weighted by atomic mass is 10.0. The molecule has 5 nitrogen and oxygen atoms in total. The Hall–Kier alpha value is -3.35. The molecule has 0 aliphatic heterocycles. The third-order valence-corrected chi connectivity index (χ3v) is 3.59. The van der Waals surface area contributed by atoms with E-state index in [1.54, 1.807) is 24.5 Å². The Labute approximate surface area is 141 Å². The second-order valence-electron chi connectivity index (χ2n) is 5.27. The number of H-pyrrole nitrogens is 1. The van der Waals surface area contributed by atoms with Crippen molar-refractivity contribution in [1.29, 1.82) is 0 Å². The number of aromatic nitrogens is 2. The van der Waals surface area contributed by atoms with E-state index < -0.39 is 23.3 Å². The highest BCUT2D eigenvalue weighted by Gasteiger charge is 2.19. The number of pyridine rings is 1. The molecule has 3 aromatic rings. The van der Waals surface area contributed by atoms with Crippen molar-refractivity contribution in [3.8, 4) is 0 Å². The van der Waals surface area contributed by atoms with Crippen LogP contribution < -0.4 is 5.32 Å². The average Bonchev–Trinajstić information content (AvgIpc) is 3.12. The molecule has 0 saturated carbocycles. The molecule has 126 valence electrons. The first-order valence-corrected chi connectivity index (χ1v) is 7.40. The first-order chi connectivity index (χ1) is 12.1. The van der Waals surface area contributed by atoms with Crippen LogP contribution in [0.2, 0.25) is 0 Å². The minimum atomic E-state index is -1.21. The number of aromatic amines is 1. The van der Waals surface area contributed by atoms with Crippen LogP contribution in [0, 0.1) is 11.6 Å². The smallest absolute Gasteiger partial charge is 0.267 e. The van der Waals surface area contributed by atoms with Crippen molar-refractivity contribution in [3.63, 3.8) is 0 Å². The maximum atomic E-state index is 13.7. The normalized spacial score (nSPS) is 10.5. The molecule has 0 bridgehead atoms. The molecule has 0 saturated heterocycles. The zero-order valence-corrected chi connectivity index (χ0v) is 12.9. The molecule has 7 heteroatoms. The molecule has 2 N–H and O–H groups in total. The van der Waals surface area contributed by atoms with Gasteiger partial charge in [-0.25, -0.2) is 8.78 Å². The topological polar surface area (TPSA) is 74.8 Å². The number of amides is 1. The third kappa shape index (κ3) is 3.60. The van der Waals surface area contributed by atoms with Gasteiger partial charge in [0.2, 0.25) is 0 Å². The van der Waals surface area contributed by atoms with Crippen LogP contribution in [0.5, 0.6) is 0 Å². The van der Waals surface area contributed by atoms with E-state index in [1.165, 1.54) is 24.4 Å². The van der Waals surface area contributed by atoms with Crippen LogP contribution in [-0.2, 0) is 6.54 Å². The highest BCUT2D eigenvalue weighted by Crippen LogP contribution is 2.17. The Morgan fingerprint density at radius 1 is 1.12 bits per heavy atom. The summed E-state index contributed by atoms with van der Waals surface area (Å²) in [4.78, 5) is 30.9. The SMILES string of the molecule is O=C(NCc1ccncc1)c1cc(C(=O)c2cccc(F)c2F)c[nH]1. The summed E-state index contributed by atoms with van der Waals surface area (Å²) in [6, 6.07) is 8.20. The summed E-state index contributed by atoms with van der Waals surface area (Å²) in [5.41, 5.74) is 0.698. The highest BCUT2D eigenvalue weighted by molar-refractivity contribution is 6.10. The zero-order valence-electron chi connectivity index (χ0n) is 12.9. The maximum absolute atomic E-state index is 13.7. The molecule has 0 spiro atoms. The van der Waals surface area contributed by atoms with Gasteiger partial charge in [0.15, 0.2) is 17.4 Å². The van der Waals surface area contributed by atoms with E-state index in [0.717, 1.165) is 11.6 Å². The van der Waals surface area contributed by atoms with Crippen LogP contribution in [-0.4, -0.2) is 21.7 Å². The number of ketones is 1. The molecule has 0 aliphatic carbocycles. The maximum Gasteiger partial charge on any atom is 0.267 e. The minimum Gasteiger partial charge on any atom is -0.356 e. The van der Waals surface area contributed by atoms with Crippen molar-refractivity contribution in [2.75, 3.05) is 0 Å². The number of nitrogens with zero attached hydrogens (tertiary/aromatic N) is 1. The van der Waals surface area contributed by atoms with Gasteiger partial charge < -0.3 is 10.3 Å². The summed E-state index contributed by atoms with van der Waals surface area (Å²) in [5, 5.41) is 2.68. The summed E-state index contributed by atoms with van der Waals surface area (Å²) >= 11 is 0. The fraction of sp³-hybridized carbons (Fsp3) is 0.0556. The molecule has 0 fully saturated rings. The Balaban J connectivity index is 1.72. The van der Waals surface area contributed by atoms with Crippen molar-refractivity contribution in [2.45, 2.75) is 6.54 Å². The average molecular weight is 341 g/mol. The first-order valence-electron chi connectivity index (χ1n) is 7.40. The van der Waals surface area contributed by atoms with Crippen LogP contribution >= 0.6 is 0 Å². The summed E-state index contributed by atoms with van der Waals surface area (Å²) in [6.07, 6.45) is 4.51. The number of nitrogens with one attached hydrogen (secondary N) is 2. The summed E-state index contributed by atoms with van der Waals surface area (Å²) in [7, 11) is 0. The van der Waals surface area contributed by atoms with Gasteiger partial charge in [-0.15, -0.1) is 0 Å². The van der Waals surface area contributed by atoms with E-state index in [4.69, 9.17) is 0 Å². The van der Waals surface area contributed by atoms with E-state index in [0.29, 0.717) is 6.54 Å². The fourth-order valence-corrected chi connectivity index (χ4v) is 2.27. The summed E-state index contributed by atoms with van der Waals surface area (Å²) < 4.78 is 27.0. The largest absolute Gasteiger partial charge is 0.356 e. The fourth-order valence-electron chi connectivity index (χ4n) is 2.27. The molecule has 3 rings (SSSR count). The van der Waals surface area contributed by atoms with Crippen molar-refractivity contribution in [1.82, 2.24) is 15.3 Å². The molecular weight excluding hydrogens is 328 g/mol. The molecule has 0 atom stereocenters. The Kier molecular flexibility index (Phi) is 4.65. The number of hydrogen-bond donors (Lipinski definition) is 2. The third-order valence-electron chi connectivity index (χ3n) is 3.59. The Bertz CT molecular complexity index is 923. The van der Waals surface area contributed by atoms with E-state index in [2.05, 4.69) is 15.3 Å². The van der Waals surface area contributed by atoms with Crippen molar-refractivity contribution in [2.24, 2.45) is 0 Å². The van der Waals surface area contributed by atoms with Crippen molar-refractivity contribution in [3.05, 3.63) is 89.0 Å². The number of carbonyl (C=O) groups is 2. The van der Waals surface area contributed by atoms with Crippen LogP contribution in [0.25, 0.3) is 0 Å². The van der Waals surface area contributed by atoms with Gasteiger partial charge in [-0.05, 0) is 35.9 Å². The number of halogens is 2. The lowest BCUT2D eigenvalue weighted by Crippen LogP contribution is -2.23. The summed E-state index contributed by atoms with van der Waals surface area (Å²) in [5.74, 6) is -3.44. The molecule has 1 amide bonds. The predicted octanol–water partition coefficient (Wildman–Crippen LogP) is 2.85. The molecule has 25 heavy (non-hydrogen) atoms. The van der Waals surface area contributed by atoms with E-state index in [9.17, 15) is 18.4 Å². The molecule has 2 aromatic heterocycles. The molecule has 0 unspecified atom stereocenters. The van der Waals surface area contributed by atoms with Crippen LogP contribution in [0.15, 0.2) is 55.0 Å². The predicted molar refractivity (Wildman–Crippen MR) is 86.0 cm³/mol. The van der Waals surface area contributed by atoms with Gasteiger partial charge in [-0.1, -0.05) is 6.07 Å². The quantitative estimate of drug-likeness (QED) is 0.701. The van der Waals surface area contributed by atoms with Crippen LogP contribution in [0.4, 0.5) is 8.78 Å². The Morgan fingerprint density at radius 2 is 1.88 bits per heavy atom. The van der Waals surface area contributed by atoms with E-state index in [1.807, 2.05) is 0 Å². The van der Waals surface area contributed by atoms with Gasteiger partial charge in [0, 0.05) is 30.7 Å². The van der Waals surface area contributed by atoms with Crippen LogP contribution in [0.3, 0.4) is 0 Å². The number of rotatable bonds is 5. The Morgan fingerprint density at radius 3 is 2.64 bits per heavy atom. The lowest BCUT2D eigenvalue weighted by Gasteiger charge is -2.03. The number of carbonyl (C=O) groups excluding carboxylic acids is 2. The van der Waals surface area contributed by atoms with Gasteiger partial charge in [0.1, 0.15) is 5.69 Å². The molecular formula is C18H13F2N3O2. The number of hydrogen-bond acceptors (Lipinski definition) is 3. The van der Waals surface area contributed by atoms with Gasteiger partial charge >= 0.3 is 0 Å². The zero-order chi connectivity index (χ0) is 17.8.